The molecule has 0 saturated carbocycles. The third-order valence-corrected chi connectivity index (χ3v) is 2.70. The van der Waals surface area contributed by atoms with Crippen LogP contribution in [0.3, 0.4) is 0 Å². The maximum absolute atomic E-state index is 11.0. The molecule has 0 aromatic heterocycles. The highest BCUT2D eigenvalue weighted by Crippen LogP contribution is 2.35. The first-order chi connectivity index (χ1) is 9.38. The van der Waals surface area contributed by atoms with Crippen LogP contribution in [0.2, 0.25) is 0 Å². The van der Waals surface area contributed by atoms with Crippen molar-refractivity contribution in [2.24, 2.45) is 0 Å². The average molecular weight is 298 g/mol. The number of anilines is 1. The molecular weight excluding hydrogens is 290 g/mol. The average Bonchev–Trinajstić information content (AvgIpc) is 2.77. The molecule has 0 atom stereocenters. The lowest BCUT2D eigenvalue weighted by Crippen LogP contribution is -2.09. The van der Waals surface area contributed by atoms with Crippen molar-refractivity contribution in [3.63, 3.8) is 0 Å². The summed E-state index contributed by atoms with van der Waals surface area (Å²) >= 11 is 5.31. The van der Waals surface area contributed by atoms with Crippen molar-refractivity contribution in [1.29, 1.82) is 0 Å². The van der Waals surface area contributed by atoms with Crippen molar-refractivity contribution in [1.82, 2.24) is 0 Å². The van der Waals surface area contributed by atoms with E-state index in [0.29, 0.717) is 17.5 Å². The first-order valence-electron chi connectivity index (χ1n) is 5.34. The number of nitrogens with one attached hydrogen (secondary N) is 1. The normalized spacial score (nSPS) is 16.0. The first kappa shape index (κ1) is 13.8. The number of hydrogen-bond donors (Lipinski definition) is 1. The summed E-state index contributed by atoms with van der Waals surface area (Å²) in [5.41, 5.74) is 0.855. The molecule has 0 fully saturated rings. The quantitative estimate of drug-likeness (QED) is 0.522. The lowest BCUT2D eigenvalue weighted by Gasteiger charge is -1.98. The van der Waals surface area contributed by atoms with E-state index in [1.807, 2.05) is 6.92 Å². The number of benzene rings is 1. The summed E-state index contributed by atoms with van der Waals surface area (Å²) in [6, 6.07) is 5.15. The maximum Gasteiger partial charge on any atom is 0.344 e. The van der Waals surface area contributed by atoms with Gasteiger partial charge in [0.15, 0.2) is 5.75 Å². The van der Waals surface area contributed by atoms with Gasteiger partial charge in [0.25, 0.3) is 5.88 Å². The van der Waals surface area contributed by atoms with Gasteiger partial charge in [-0.3, -0.25) is 20.2 Å². The van der Waals surface area contributed by atoms with Gasteiger partial charge in [0, 0.05) is 0 Å². The summed E-state index contributed by atoms with van der Waals surface area (Å²) < 4.78 is 5.27. The number of hydrogen-bond acceptors (Lipinski definition) is 6. The van der Waals surface area contributed by atoms with E-state index >= 15 is 0 Å². The Morgan fingerprint density at radius 2 is 2.05 bits per heavy atom. The summed E-state index contributed by atoms with van der Waals surface area (Å²) in [4.78, 5) is 19.7. The Balaban J connectivity index is 2.43. The van der Waals surface area contributed by atoms with E-state index < -0.39 is 20.7 Å². The van der Waals surface area contributed by atoms with Gasteiger partial charge in [-0.25, -0.2) is 0 Å². The lowest BCUT2D eigenvalue weighted by molar-refractivity contribution is -0.429. The summed E-state index contributed by atoms with van der Waals surface area (Å²) in [5.74, 6) is 0.186. The Morgan fingerprint density at radius 3 is 2.65 bits per heavy atom. The van der Waals surface area contributed by atoms with Crippen LogP contribution >= 0.6 is 11.6 Å². The van der Waals surface area contributed by atoms with Crippen LogP contribution in [0.1, 0.15) is 5.56 Å². The van der Waals surface area contributed by atoms with Gasteiger partial charge < -0.3 is 10.1 Å². The topological polar surface area (TPSA) is 108 Å². The second-order valence-corrected chi connectivity index (χ2v) is 4.31. The molecule has 2 rings (SSSR count). The molecule has 8 nitrogen and oxygen atoms in total. The fourth-order valence-electron chi connectivity index (χ4n) is 1.57. The van der Waals surface area contributed by atoms with Crippen LogP contribution in [0, 0.1) is 27.2 Å². The Morgan fingerprint density at radius 1 is 1.35 bits per heavy atom. The molecule has 20 heavy (non-hydrogen) atoms. The number of aryl methyl sites for hydroxylation is 1. The molecule has 0 unspecified atom stereocenters. The molecular formula is C11H8ClN3O5. The number of rotatable bonds is 3. The Labute approximate surface area is 117 Å². The van der Waals surface area contributed by atoms with Crippen molar-refractivity contribution in [2.75, 3.05) is 5.32 Å². The number of ether oxygens (including phenoxy) is 1. The summed E-state index contributed by atoms with van der Waals surface area (Å²) in [6.45, 7) is 1.85. The van der Waals surface area contributed by atoms with E-state index in [1.165, 1.54) is 0 Å². The standard InChI is InChI=1S/C11H8ClN3O5/c1-6-2-3-9-7(4-6)13-11(20-9)8(14(16)17)5-10(12)15(18)19/h2-5,13H,1H3/b10-5+,11-8+. The maximum atomic E-state index is 11.0. The van der Waals surface area contributed by atoms with Gasteiger partial charge in [-0.1, -0.05) is 6.07 Å². The highest BCUT2D eigenvalue weighted by Gasteiger charge is 2.28. The van der Waals surface area contributed by atoms with Gasteiger partial charge in [0.05, 0.1) is 15.5 Å². The molecule has 9 heteroatoms. The molecule has 0 bridgehead atoms. The van der Waals surface area contributed by atoms with E-state index in [4.69, 9.17) is 16.3 Å². The molecule has 1 N–H and O–H groups in total. The fraction of sp³-hybridized carbons (Fsp3) is 0.0909. The minimum absolute atomic E-state index is 0.212. The van der Waals surface area contributed by atoms with Gasteiger partial charge in [0.1, 0.15) is 6.08 Å². The molecule has 104 valence electrons. The number of halogens is 1. The zero-order valence-corrected chi connectivity index (χ0v) is 10.9. The monoisotopic (exact) mass is 297 g/mol. The molecule has 0 spiro atoms. The number of fused-ring (bicyclic) bond motifs is 1. The smallest absolute Gasteiger partial charge is 0.344 e. The minimum Gasteiger partial charge on any atom is -0.433 e. The van der Waals surface area contributed by atoms with Crippen molar-refractivity contribution < 1.29 is 14.6 Å². The summed E-state index contributed by atoms with van der Waals surface area (Å²) in [7, 11) is 0. The lowest BCUT2D eigenvalue weighted by atomic mass is 10.2. The highest BCUT2D eigenvalue weighted by molar-refractivity contribution is 6.28. The zero-order chi connectivity index (χ0) is 14.9. The van der Waals surface area contributed by atoms with E-state index in [0.717, 1.165) is 5.56 Å². The molecule has 1 aromatic carbocycles. The zero-order valence-electron chi connectivity index (χ0n) is 10.1. The number of nitrogens with zero attached hydrogens (tertiary/aromatic N) is 2. The summed E-state index contributed by atoms with van der Waals surface area (Å²) in [5, 5.41) is 23.2. The SMILES string of the molecule is Cc1ccc2c(c1)N/C(=C(/C=C(\Cl)[N+](=O)[O-])[N+](=O)[O-])O2. The van der Waals surface area contributed by atoms with Crippen molar-refractivity contribution in [2.45, 2.75) is 6.92 Å². The minimum atomic E-state index is -0.933. The molecule has 0 amide bonds. The molecule has 1 aromatic rings. The van der Waals surface area contributed by atoms with Crippen LogP contribution in [0.4, 0.5) is 5.69 Å². The third-order valence-electron chi connectivity index (χ3n) is 2.45. The van der Waals surface area contributed by atoms with Crippen LogP contribution in [-0.2, 0) is 0 Å². The predicted octanol–water partition coefficient (Wildman–Crippen LogP) is 2.60. The Bertz CT molecular complexity index is 668. The first-order valence-corrected chi connectivity index (χ1v) is 5.72. The van der Waals surface area contributed by atoms with Crippen LogP contribution < -0.4 is 10.1 Å². The van der Waals surface area contributed by atoms with E-state index in [9.17, 15) is 20.2 Å². The van der Waals surface area contributed by atoms with E-state index in [1.54, 1.807) is 18.2 Å². The van der Waals surface area contributed by atoms with E-state index in [-0.39, 0.29) is 5.88 Å². The second kappa shape index (κ2) is 5.17. The second-order valence-electron chi connectivity index (χ2n) is 3.92. The molecule has 1 aliphatic rings. The fourth-order valence-corrected chi connectivity index (χ4v) is 1.67. The molecule has 0 saturated heterocycles. The van der Waals surface area contributed by atoms with Gasteiger partial charge in [-0.05, 0) is 36.2 Å². The number of allylic oxidation sites excluding steroid dienone is 1. The van der Waals surface area contributed by atoms with Crippen molar-refractivity contribution in [3.05, 3.63) is 66.8 Å². The van der Waals surface area contributed by atoms with Crippen LogP contribution in [0.5, 0.6) is 5.75 Å². The molecule has 0 radical (unpaired) electrons. The van der Waals surface area contributed by atoms with Gasteiger partial charge in [-0.2, -0.15) is 0 Å². The van der Waals surface area contributed by atoms with Crippen molar-refractivity contribution in [3.8, 4) is 5.75 Å². The highest BCUT2D eigenvalue weighted by atomic mass is 35.5. The Kier molecular flexibility index (Phi) is 3.57. The summed E-state index contributed by atoms with van der Waals surface area (Å²) in [6.07, 6.45) is 0.628. The van der Waals surface area contributed by atoms with E-state index in [2.05, 4.69) is 5.32 Å². The van der Waals surface area contributed by atoms with Gasteiger partial charge >= 0.3 is 10.9 Å². The molecule has 1 heterocycles. The Hall–Kier alpha value is -2.61. The van der Waals surface area contributed by atoms with Gasteiger partial charge in [0.2, 0.25) is 0 Å². The largest absolute Gasteiger partial charge is 0.433 e. The van der Waals surface area contributed by atoms with Crippen LogP contribution in [-0.4, -0.2) is 9.85 Å². The van der Waals surface area contributed by atoms with Crippen molar-refractivity contribution >= 4 is 17.3 Å². The van der Waals surface area contributed by atoms with Gasteiger partial charge in [-0.15, -0.1) is 0 Å². The predicted molar refractivity (Wildman–Crippen MR) is 70.4 cm³/mol. The number of nitro groups is 2. The molecule has 0 aliphatic carbocycles. The van der Waals surface area contributed by atoms with Crippen LogP contribution in [0.25, 0.3) is 0 Å². The third kappa shape index (κ3) is 2.69. The van der Waals surface area contributed by atoms with Crippen LogP contribution in [0.15, 0.2) is 41.0 Å². The molecule has 1 aliphatic heterocycles.